The summed E-state index contributed by atoms with van der Waals surface area (Å²) in [5.41, 5.74) is 3.82. The lowest BCUT2D eigenvalue weighted by Crippen LogP contribution is -2.16. The maximum atomic E-state index is 12.7. The number of para-hydroxylation sites is 2. The Hall–Kier alpha value is -3.80. The second-order valence-corrected chi connectivity index (χ2v) is 6.37. The normalized spacial score (nSPS) is 11.2. The molecule has 0 radical (unpaired) electrons. The standard InChI is InChI=1S/C22H20N4O2/c1-26-14-6-10-19(26)22(27)23-21-15(7-5-11-20(21)28-2)12-13-18-16-8-3-4-9-17(16)24-25-18/h3-14H,1-2H3,(H,23,27)(H,24,25)/b13-12+. The quantitative estimate of drug-likeness (QED) is 0.548. The van der Waals surface area contributed by atoms with Crippen molar-refractivity contribution in [3.05, 3.63) is 77.7 Å². The van der Waals surface area contributed by atoms with Gasteiger partial charge in [0.1, 0.15) is 11.4 Å². The number of aromatic amines is 1. The first-order valence-corrected chi connectivity index (χ1v) is 8.88. The highest BCUT2D eigenvalue weighted by Crippen LogP contribution is 2.30. The van der Waals surface area contributed by atoms with Crippen LogP contribution in [0.1, 0.15) is 21.7 Å². The molecule has 2 aromatic heterocycles. The van der Waals surface area contributed by atoms with Crippen LogP contribution in [0, 0.1) is 0 Å². The molecule has 0 aliphatic heterocycles. The van der Waals surface area contributed by atoms with Crippen molar-refractivity contribution in [3.63, 3.8) is 0 Å². The summed E-state index contributed by atoms with van der Waals surface area (Å²) in [4.78, 5) is 12.7. The molecule has 0 spiro atoms. The number of nitrogens with zero attached hydrogens (tertiary/aromatic N) is 2. The van der Waals surface area contributed by atoms with Gasteiger partial charge in [0, 0.05) is 24.2 Å². The van der Waals surface area contributed by atoms with Gasteiger partial charge in [-0.05, 0) is 30.3 Å². The molecule has 1 amide bonds. The number of fused-ring (bicyclic) bond motifs is 1. The third kappa shape index (κ3) is 3.27. The number of benzene rings is 2. The lowest BCUT2D eigenvalue weighted by Gasteiger charge is -2.13. The summed E-state index contributed by atoms with van der Waals surface area (Å²) >= 11 is 0. The van der Waals surface area contributed by atoms with Gasteiger partial charge in [-0.1, -0.05) is 36.4 Å². The van der Waals surface area contributed by atoms with Crippen molar-refractivity contribution in [3.8, 4) is 5.75 Å². The van der Waals surface area contributed by atoms with Crippen molar-refractivity contribution in [1.29, 1.82) is 0 Å². The fourth-order valence-electron chi connectivity index (χ4n) is 3.15. The molecule has 0 unspecified atom stereocenters. The van der Waals surface area contributed by atoms with Gasteiger partial charge >= 0.3 is 0 Å². The molecule has 6 heteroatoms. The van der Waals surface area contributed by atoms with Gasteiger partial charge in [-0.3, -0.25) is 9.89 Å². The van der Waals surface area contributed by atoms with Crippen LogP contribution < -0.4 is 10.1 Å². The number of amides is 1. The summed E-state index contributed by atoms with van der Waals surface area (Å²) < 4.78 is 7.24. The number of aromatic nitrogens is 3. The molecule has 4 aromatic rings. The van der Waals surface area contributed by atoms with Crippen LogP contribution in [0.25, 0.3) is 23.1 Å². The summed E-state index contributed by atoms with van der Waals surface area (Å²) in [6.45, 7) is 0. The predicted molar refractivity (Wildman–Crippen MR) is 111 cm³/mol. The van der Waals surface area contributed by atoms with E-state index in [1.54, 1.807) is 17.7 Å². The molecule has 2 N–H and O–H groups in total. The third-order valence-corrected chi connectivity index (χ3v) is 4.61. The Labute approximate surface area is 162 Å². The smallest absolute Gasteiger partial charge is 0.272 e. The summed E-state index contributed by atoms with van der Waals surface area (Å²) in [6.07, 6.45) is 5.68. The van der Waals surface area contributed by atoms with E-state index >= 15 is 0 Å². The maximum absolute atomic E-state index is 12.7. The van der Waals surface area contributed by atoms with Crippen LogP contribution in [0.4, 0.5) is 5.69 Å². The molecule has 2 heterocycles. The molecule has 0 saturated heterocycles. The van der Waals surface area contributed by atoms with E-state index in [1.165, 1.54) is 0 Å². The van der Waals surface area contributed by atoms with Crippen molar-refractivity contribution in [1.82, 2.24) is 14.8 Å². The van der Waals surface area contributed by atoms with Crippen molar-refractivity contribution >= 4 is 34.6 Å². The van der Waals surface area contributed by atoms with Crippen LogP contribution in [0.5, 0.6) is 5.75 Å². The van der Waals surface area contributed by atoms with Gasteiger partial charge in [-0.2, -0.15) is 5.10 Å². The fourth-order valence-corrected chi connectivity index (χ4v) is 3.15. The Bertz CT molecular complexity index is 1170. The molecule has 0 saturated carbocycles. The molecule has 2 aromatic carbocycles. The van der Waals surface area contributed by atoms with Gasteiger partial charge in [0.25, 0.3) is 5.91 Å². The van der Waals surface area contributed by atoms with Crippen LogP contribution in [-0.4, -0.2) is 27.8 Å². The van der Waals surface area contributed by atoms with E-state index in [4.69, 9.17) is 4.74 Å². The van der Waals surface area contributed by atoms with Gasteiger partial charge < -0.3 is 14.6 Å². The number of rotatable bonds is 5. The minimum absolute atomic E-state index is 0.197. The first-order valence-electron chi connectivity index (χ1n) is 8.88. The molecule has 28 heavy (non-hydrogen) atoms. The molecule has 0 aliphatic rings. The fraction of sp³-hybridized carbons (Fsp3) is 0.0909. The maximum Gasteiger partial charge on any atom is 0.272 e. The lowest BCUT2D eigenvalue weighted by molar-refractivity contribution is 0.101. The van der Waals surface area contributed by atoms with Gasteiger partial charge in [-0.25, -0.2) is 0 Å². The number of aryl methyl sites for hydroxylation is 1. The highest BCUT2D eigenvalue weighted by atomic mass is 16.5. The van der Waals surface area contributed by atoms with Gasteiger partial charge in [0.2, 0.25) is 0 Å². The van der Waals surface area contributed by atoms with E-state index in [9.17, 15) is 4.79 Å². The number of H-pyrrole nitrogens is 1. The van der Waals surface area contributed by atoms with Crippen molar-refractivity contribution in [2.75, 3.05) is 12.4 Å². The Kier molecular flexibility index (Phi) is 4.68. The zero-order valence-electron chi connectivity index (χ0n) is 15.6. The van der Waals surface area contributed by atoms with Gasteiger partial charge in [0.05, 0.1) is 24.0 Å². The van der Waals surface area contributed by atoms with E-state index in [2.05, 4.69) is 15.5 Å². The first-order chi connectivity index (χ1) is 13.7. The third-order valence-electron chi connectivity index (χ3n) is 4.61. The topological polar surface area (TPSA) is 71.9 Å². The molecule has 4 rings (SSSR count). The van der Waals surface area contributed by atoms with E-state index in [-0.39, 0.29) is 5.91 Å². The Morgan fingerprint density at radius 1 is 1.11 bits per heavy atom. The summed E-state index contributed by atoms with van der Waals surface area (Å²) in [7, 11) is 3.42. The van der Waals surface area contributed by atoms with E-state index in [1.807, 2.05) is 73.9 Å². The van der Waals surface area contributed by atoms with Crippen LogP contribution in [0.15, 0.2) is 60.8 Å². The highest BCUT2D eigenvalue weighted by Gasteiger charge is 2.14. The number of ether oxygens (including phenoxy) is 1. The number of methoxy groups -OCH3 is 1. The number of anilines is 1. The first kappa shape index (κ1) is 17.6. The van der Waals surface area contributed by atoms with E-state index in [0.717, 1.165) is 22.2 Å². The number of nitrogens with one attached hydrogen (secondary N) is 2. The molecule has 6 nitrogen and oxygen atoms in total. The zero-order valence-corrected chi connectivity index (χ0v) is 15.6. The van der Waals surface area contributed by atoms with Crippen LogP contribution in [-0.2, 0) is 7.05 Å². The molecule has 0 bridgehead atoms. The predicted octanol–water partition coefficient (Wildman–Crippen LogP) is 4.33. The van der Waals surface area contributed by atoms with E-state index in [0.29, 0.717) is 17.1 Å². The van der Waals surface area contributed by atoms with Crippen molar-refractivity contribution in [2.24, 2.45) is 7.05 Å². The average Bonchev–Trinajstić information content (AvgIpc) is 3.33. The molecule has 0 aliphatic carbocycles. The minimum atomic E-state index is -0.197. The second-order valence-electron chi connectivity index (χ2n) is 6.37. The molecule has 140 valence electrons. The second kappa shape index (κ2) is 7.44. The number of carbonyl (C=O) groups is 1. The van der Waals surface area contributed by atoms with Crippen LogP contribution >= 0.6 is 0 Å². The van der Waals surface area contributed by atoms with Crippen LogP contribution in [0.2, 0.25) is 0 Å². The molecule has 0 fully saturated rings. The van der Waals surface area contributed by atoms with Crippen molar-refractivity contribution in [2.45, 2.75) is 0 Å². The Morgan fingerprint density at radius 3 is 2.75 bits per heavy atom. The lowest BCUT2D eigenvalue weighted by atomic mass is 10.1. The van der Waals surface area contributed by atoms with Crippen molar-refractivity contribution < 1.29 is 9.53 Å². The SMILES string of the molecule is COc1cccc(/C=C/c2n[nH]c3ccccc23)c1NC(=O)c1cccn1C. The summed E-state index contributed by atoms with van der Waals surface area (Å²) in [6, 6.07) is 17.2. The Balaban J connectivity index is 1.69. The number of carbonyl (C=O) groups excluding carboxylic acids is 1. The number of hydrogen-bond acceptors (Lipinski definition) is 3. The highest BCUT2D eigenvalue weighted by molar-refractivity contribution is 6.05. The summed E-state index contributed by atoms with van der Waals surface area (Å²) in [5.74, 6) is 0.397. The average molecular weight is 372 g/mol. The summed E-state index contributed by atoms with van der Waals surface area (Å²) in [5, 5.41) is 11.4. The number of hydrogen-bond donors (Lipinski definition) is 2. The van der Waals surface area contributed by atoms with Gasteiger partial charge in [-0.15, -0.1) is 0 Å². The van der Waals surface area contributed by atoms with Gasteiger partial charge in [0.15, 0.2) is 0 Å². The Morgan fingerprint density at radius 2 is 1.96 bits per heavy atom. The zero-order chi connectivity index (χ0) is 19.5. The monoisotopic (exact) mass is 372 g/mol. The molecule has 0 atom stereocenters. The largest absolute Gasteiger partial charge is 0.495 e. The van der Waals surface area contributed by atoms with E-state index < -0.39 is 0 Å². The molecular formula is C22H20N4O2. The molecular weight excluding hydrogens is 352 g/mol. The van der Waals surface area contributed by atoms with Crippen LogP contribution in [0.3, 0.4) is 0 Å². The minimum Gasteiger partial charge on any atom is -0.495 e.